The number of nitrogens with one attached hydrogen (secondary N) is 1. The van der Waals surface area contributed by atoms with Gasteiger partial charge in [-0.15, -0.1) is 0 Å². The van der Waals surface area contributed by atoms with Gasteiger partial charge in [0.25, 0.3) is 0 Å². The van der Waals surface area contributed by atoms with Gasteiger partial charge in [0.05, 0.1) is 37.8 Å². The van der Waals surface area contributed by atoms with Gasteiger partial charge >= 0.3 is 0 Å². The van der Waals surface area contributed by atoms with Crippen molar-refractivity contribution in [2.24, 2.45) is 0 Å². The molecule has 3 rings (SSSR count). The highest BCUT2D eigenvalue weighted by atomic mass is 32.2. The van der Waals surface area contributed by atoms with Gasteiger partial charge in [0.2, 0.25) is 10.0 Å². The predicted octanol–water partition coefficient (Wildman–Crippen LogP) is 0.896. The Morgan fingerprint density at radius 2 is 1.88 bits per heavy atom. The van der Waals surface area contributed by atoms with Gasteiger partial charge in [0, 0.05) is 26.0 Å². The van der Waals surface area contributed by atoms with E-state index in [1.54, 1.807) is 13.3 Å². The van der Waals surface area contributed by atoms with Crippen LogP contribution in [0.5, 0.6) is 5.75 Å². The van der Waals surface area contributed by atoms with E-state index in [9.17, 15) is 8.42 Å². The summed E-state index contributed by atoms with van der Waals surface area (Å²) in [5.74, 6) is 1.10. The number of anilines is 1. The average molecular weight is 378 g/mol. The van der Waals surface area contributed by atoms with Crippen molar-refractivity contribution >= 4 is 15.8 Å². The quantitative estimate of drug-likeness (QED) is 0.765. The molecule has 1 aliphatic heterocycles. The molecule has 1 aromatic carbocycles. The Balaban J connectivity index is 1.81. The Morgan fingerprint density at radius 3 is 2.42 bits per heavy atom. The van der Waals surface area contributed by atoms with E-state index in [1.807, 2.05) is 24.3 Å². The van der Waals surface area contributed by atoms with E-state index in [2.05, 4.69) is 15.3 Å². The van der Waals surface area contributed by atoms with Crippen LogP contribution >= 0.6 is 0 Å². The van der Waals surface area contributed by atoms with E-state index < -0.39 is 10.0 Å². The van der Waals surface area contributed by atoms with Gasteiger partial charge in [-0.05, 0) is 17.7 Å². The predicted molar refractivity (Wildman–Crippen MR) is 97.6 cm³/mol. The summed E-state index contributed by atoms with van der Waals surface area (Å²) in [7, 11) is -0.324. The number of benzene rings is 1. The van der Waals surface area contributed by atoms with Crippen LogP contribution in [0.3, 0.4) is 0 Å². The molecule has 9 heteroatoms. The highest BCUT2D eigenvalue weighted by molar-refractivity contribution is 7.92. The Hall–Kier alpha value is -2.23. The largest absolute Gasteiger partial charge is 0.497 e. The monoisotopic (exact) mass is 378 g/mol. The SMILES string of the molecule is COc1ccc(C2(NCc3nccnc3N(C)S(C)(=O)=O)COC2)cc1. The molecule has 1 aliphatic rings. The van der Waals surface area contributed by atoms with E-state index >= 15 is 0 Å². The first kappa shape index (κ1) is 18.6. The fourth-order valence-corrected chi connectivity index (χ4v) is 3.21. The first-order valence-corrected chi connectivity index (χ1v) is 9.92. The van der Waals surface area contributed by atoms with Crippen molar-refractivity contribution in [3.05, 3.63) is 47.9 Å². The smallest absolute Gasteiger partial charge is 0.233 e. The van der Waals surface area contributed by atoms with Crippen molar-refractivity contribution in [3.8, 4) is 5.75 Å². The van der Waals surface area contributed by atoms with Crippen molar-refractivity contribution in [1.29, 1.82) is 0 Å². The fraction of sp³-hybridized carbons (Fsp3) is 0.412. The maximum atomic E-state index is 11.8. The molecule has 8 nitrogen and oxygen atoms in total. The molecule has 140 valence electrons. The summed E-state index contributed by atoms with van der Waals surface area (Å²) in [5, 5.41) is 3.46. The lowest BCUT2D eigenvalue weighted by atomic mass is 9.88. The molecule has 0 unspecified atom stereocenters. The fourth-order valence-electron chi connectivity index (χ4n) is 2.74. The number of ether oxygens (including phenoxy) is 2. The zero-order valence-electron chi connectivity index (χ0n) is 15.0. The maximum Gasteiger partial charge on any atom is 0.233 e. The molecule has 0 spiro atoms. The summed E-state index contributed by atoms with van der Waals surface area (Å²) < 4.78 is 35.5. The number of rotatable bonds is 7. The van der Waals surface area contributed by atoms with Gasteiger partial charge in [-0.3, -0.25) is 14.6 Å². The van der Waals surface area contributed by atoms with Crippen LogP contribution in [0.2, 0.25) is 0 Å². The summed E-state index contributed by atoms with van der Waals surface area (Å²) >= 11 is 0. The lowest BCUT2D eigenvalue weighted by Gasteiger charge is -2.43. The highest BCUT2D eigenvalue weighted by Gasteiger charge is 2.40. The molecule has 0 amide bonds. The maximum absolute atomic E-state index is 11.8. The summed E-state index contributed by atoms with van der Waals surface area (Å²) in [4.78, 5) is 8.49. The minimum absolute atomic E-state index is 0.313. The Bertz CT molecular complexity index is 867. The number of hydrogen-bond acceptors (Lipinski definition) is 7. The molecule has 1 saturated heterocycles. The van der Waals surface area contributed by atoms with Crippen LogP contribution in [0.25, 0.3) is 0 Å². The molecule has 0 aliphatic carbocycles. The van der Waals surface area contributed by atoms with Crippen LogP contribution in [0.1, 0.15) is 11.3 Å². The van der Waals surface area contributed by atoms with Gasteiger partial charge < -0.3 is 9.47 Å². The zero-order valence-corrected chi connectivity index (χ0v) is 15.8. The standard InChI is InChI=1S/C17H22N4O4S/c1-21(26(3,22)23)16-15(18-8-9-19-16)10-20-17(11-25-12-17)13-4-6-14(24-2)7-5-13/h4-9,20H,10-12H2,1-3H3. The minimum Gasteiger partial charge on any atom is -0.497 e. The normalized spacial score (nSPS) is 16.0. The number of sulfonamides is 1. The van der Waals surface area contributed by atoms with Crippen LogP contribution in [-0.2, 0) is 26.8 Å². The second-order valence-corrected chi connectivity index (χ2v) is 8.23. The zero-order chi connectivity index (χ0) is 18.8. The average Bonchev–Trinajstić information content (AvgIpc) is 2.60. The van der Waals surface area contributed by atoms with E-state index in [0.717, 1.165) is 21.9 Å². The minimum atomic E-state index is -3.42. The van der Waals surface area contributed by atoms with Crippen LogP contribution in [0, 0.1) is 0 Å². The van der Waals surface area contributed by atoms with E-state index in [0.29, 0.717) is 31.3 Å². The summed E-state index contributed by atoms with van der Waals surface area (Å²) in [5.41, 5.74) is 1.29. The van der Waals surface area contributed by atoms with Crippen LogP contribution < -0.4 is 14.4 Å². The molecule has 1 aromatic heterocycles. The number of nitrogens with zero attached hydrogens (tertiary/aromatic N) is 3. The van der Waals surface area contributed by atoms with Crippen molar-refractivity contribution in [1.82, 2.24) is 15.3 Å². The molecule has 0 atom stereocenters. The van der Waals surface area contributed by atoms with Crippen molar-refractivity contribution in [2.45, 2.75) is 12.1 Å². The van der Waals surface area contributed by atoms with Gasteiger partial charge in [-0.1, -0.05) is 12.1 Å². The van der Waals surface area contributed by atoms with E-state index in [-0.39, 0.29) is 5.54 Å². The van der Waals surface area contributed by atoms with Gasteiger partial charge in [-0.25, -0.2) is 13.4 Å². The van der Waals surface area contributed by atoms with E-state index in [1.165, 1.54) is 13.2 Å². The second kappa shape index (κ2) is 7.18. The molecule has 1 N–H and O–H groups in total. The Labute approximate surface area is 153 Å². The third kappa shape index (κ3) is 3.64. The van der Waals surface area contributed by atoms with Gasteiger partial charge in [-0.2, -0.15) is 0 Å². The van der Waals surface area contributed by atoms with Crippen molar-refractivity contribution in [3.63, 3.8) is 0 Å². The lowest BCUT2D eigenvalue weighted by Crippen LogP contribution is -2.57. The summed E-state index contributed by atoms with van der Waals surface area (Å²) in [6, 6.07) is 7.80. The molecule has 0 radical (unpaired) electrons. The molecule has 2 aromatic rings. The molecule has 26 heavy (non-hydrogen) atoms. The Kier molecular flexibility index (Phi) is 5.12. The molecular weight excluding hydrogens is 356 g/mol. The summed E-state index contributed by atoms with van der Waals surface area (Å²) in [6.45, 7) is 1.41. The van der Waals surface area contributed by atoms with Crippen LogP contribution in [0.4, 0.5) is 5.82 Å². The number of methoxy groups -OCH3 is 1. The first-order chi connectivity index (χ1) is 12.4. The van der Waals surface area contributed by atoms with Crippen LogP contribution in [-0.4, -0.2) is 52.0 Å². The topological polar surface area (TPSA) is 93.6 Å². The third-order valence-corrected chi connectivity index (χ3v) is 5.65. The molecular formula is C17H22N4O4S. The molecule has 0 bridgehead atoms. The van der Waals surface area contributed by atoms with Gasteiger partial charge in [0.15, 0.2) is 5.82 Å². The number of aromatic nitrogens is 2. The molecule has 2 heterocycles. The highest BCUT2D eigenvalue weighted by Crippen LogP contribution is 2.31. The molecule has 0 saturated carbocycles. The summed E-state index contributed by atoms with van der Waals surface area (Å²) in [6.07, 6.45) is 4.16. The van der Waals surface area contributed by atoms with E-state index in [4.69, 9.17) is 9.47 Å². The first-order valence-electron chi connectivity index (χ1n) is 8.07. The third-order valence-electron chi connectivity index (χ3n) is 4.48. The number of hydrogen-bond donors (Lipinski definition) is 1. The Morgan fingerprint density at radius 1 is 1.23 bits per heavy atom. The van der Waals surface area contributed by atoms with Crippen molar-refractivity contribution in [2.75, 3.05) is 37.9 Å². The van der Waals surface area contributed by atoms with Crippen LogP contribution in [0.15, 0.2) is 36.7 Å². The van der Waals surface area contributed by atoms with Crippen molar-refractivity contribution < 1.29 is 17.9 Å². The lowest BCUT2D eigenvalue weighted by molar-refractivity contribution is -0.0797. The molecule has 1 fully saturated rings. The second-order valence-electron chi connectivity index (χ2n) is 6.21. The van der Waals surface area contributed by atoms with Gasteiger partial charge in [0.1, 0.15) is 5.75 Å².